The third-order valence-corrected chi connectivity index (χ3v) is 6.84. The summed E-state index contributed by atoms with van der Waals surface area (Å²) in [4.78, 5) is 6.78. The lowest BCUT2D eigenvalue weighted by atomic mass is 10.0. The van der Waals surface area contributed by atoms with Gasteiger partial charge < -0.3 is 19.4 Å². The summed E-state index contributed by atoms with van der Waals surface area (Å²) in [5.74, 6) is 1.64. The lowest BCUT2D eigenvalue weighted by molar-refractivity contribution is 0.0818. The second kappa shape index (κ2) is 8.61. The normalized spacial score (nSPS) is 23.4. The minimum atomic E-state index is -0.111. The van der Waals surface area contributed by atoms with Crippen molar-refractivity contribution in [1.82, 2.24) is 15.2 Å². The van der Waals surface area contributed by atoms with Crippen LogP contribution in [0, 0.1) is 6.92 Å². The summed E-state index contributed by atoms with van der Waals surface area (Å²) >= 11 is 12.1. The van der Waals surface area contributed by atoms with Gasteiger partial charge in [0, 0.05) is 29.9 Å². The first-order valence-corrected chi connectivity index (χ1v) is 11.4. The predicted molar refractivity (Wildman–Crippen MR) is 125 cm³/mol. The SMILES string of the molecule is Cc1c(Cl)cccc1-c1ccc([C@H]2[C@@H](c3ccccn3)NC(=S)N2C[C@@H]2CCCO2)o1. The molecule has 2 fully saturated rings. The van der Waals surface area contributed by atoms with Crippen molar-refractivity contribution in [2.24, 2.45) is 0 Å². The van der Waals surface area contributed by atoms with Crippen LogP contribution in [0.3, 0.4) is 0 Å². The number of nitrogens with one attached hydrogen (secondary N) is 1. The maximum Gasteiger partial charge on any atom is 0.170 e. The molecule has 5 nitrogen and oxygen atoms in total. The molecule has 0 aliphatic carbocycles. The molecule has 2 aromatic heterocycles. The molecule has 0 bridgehead atoms. The first-order valence-electron chi connectivity index (χ1n) is 10.6. The summed E-state index contributed by atoms with van der Waals surface area (Å²) in [6, 6.07) is 15.6. The van der Waals surface area contributed by atoms with E-state index in [4.69, 9.17) is 33.0 Å². The zero-order chi connectivity index (χ0) is 21.4. The molecule has 5 rings (SSSR count). The molecule has 0 unspecified atom stereocenters. The molecule has 0 saturated carbocycles. The van der Waals surface area contributed by atoms with Crippen molar-refractivity contribution in [1.29, 1.82) is 0 Å². The maximum absolute atomic E-state index is 6.42. The molecule has 2 aliphatic rings. The predicted octanol–water partition coefficient (Wildman–Crippen LogP) is 5.45. The van der Waals surface area contributed by atoms with Gasteiger partial charge >= 0.3 is 0 Å². The zero-order valence-electron chi connectivity index (χ0n) is 17.3. The Morgan fingerprint density at radius 1 is 1.19 bits per heavy atom. The van der Waals surface area contributed by atoms with Crippen LogP contribution in [0.4, 0.5) is 0 Å². The molecule has 3 aromatic rings. The molecule has 31 heavy (non-hydrogen) atoms. The largest absolute Gasteiger partial charge is 0.459 e. The van der Waals surface area contributed by atoms with Gasteiger partial charge in [0.05, 0.1) is 17.8 Å². The van der Waals surface area contributed by atoms with E-state index in [1.807, 2.05) is 61.7 Å². The lowest BCUT2D eigenvalue weighted by Crippen LogP contribution is -2.36. The van der Waals surface area contributed by atoms with Crippen LogP contribution < -0.4 is 5.32 Å². The summed E-state index contributed by atoms with van der Waals surface area (Å²) in [7, 11) is 0. The second-order valence-corrected chi connectivity index (χ2v) is 8.82. The molecular formula is C24H24ClN3O2S. The number of ether oxygens (including phenoxy) is 1. The molecule has 7 heteroatoms. The Balaban J connectivity index is 1.52. The van der Waals surface area contributed by atoms with Crippen molar-refractivity contribution in [3.63, 3.8) is 0 Å². The van der Waals surface area contributed by atoms with Gasteiger partial charge in [-0.1, -0.05) is 29.8 Å². The van der Waals surface area contributed by atoms with E-state index in [9.17, 15) is 0 Å². The fourth-order valence-corrected chi connectivity index (χ4v) is 4.94. The molecule has 160 valence electrons. The number of thiocarbonyl (C=S) groups is 1. The van der Waals surface area contributed by atoms with Gasteiger partial charge in [0.15, 0.2) is 5.11 Å². The molecule has 2 saturated heterocycles. The minimum Gasteiger partial charge on any atom is -0.459 e. The smallest absolute Gasteiger partial charge is 0.170 e. The Labute approximate surface area is 192 Å². The highest BCUT2D eigenvalue weighted by Crippen LogP contribution is 2.41. The highest BCUT2D eigenvalue weighted by molar-refractivity contribution is 7.80. The highest BCUT2D eigenvalue weighted by atomic mass is 35.5. The van der Waals surface area contributed by atoms with Gasteiger partial charge in [-0.3, -0.25) is 4.98 Å². The average Bonchev–Trinajstić information content (AvgIpc) is 3.52. The first kappa shape index (κ1) is 20.5. The quantitative estimate of drug-likeness (QED) is 0.518. The monoisotopic (exact) mass is 453 g/mol. The number of pyridine rings is 1. The molecule has 1 N–H and O–H groups in total. The van der Waals surface area contributed by atoms with Gasteiger partial charge in [-0.25, -0.2) is 0 Å². The molecule has 4 heterocycles. The number of hydrogen-bond acceptors (Lipinski definition) is 4. The first-order chi connectivity index (χ1) is 15.1. The van der Waals surface area contributed by atoms with E-state index in [-0.39, 0.29) is 18.2 Å². The third-order valence-electron chi connectivity index (χ3n) is 6.07. The molecular weight excluding hydrogens is 430 g/mol. The zero-order valence-corrected chi connectivity index (χ0v) is 18.8. The maximum atomic E-state index is 6.42. The van der Waals surface area contributed by atoms with Gasteiger partial charge in [-0.15, -0.1) is 0 Å². The molecule has 0 spiro atoms. The van der Waals surface area contributed by atoms with Gasteiger partial charge in [0.25, 0.3) is 0 Å². The van der Waals surface area contributed by atoms with Crippen molar-refractivity contribution in [3.05, 3.63) is 76.8 Å². The van der Waals surface area contributed by atoms with Gasteiger partial charge in [-0.05, 0) is 67.9 Å². The Morgan fingerprint density at radius 3 is 2.87 bits per heavy atom. The topological polar surface area (TPSA) is 50.5 Å². The summed E-state index contributed by atoms with van der Waals surface area (Å²) in [6.07, 6.45) is 4.12. The number of rotatable bonds is 5. The van der Waals surface area contributed by atoms with Gasteiger partial charge in [0.2, 0.25) is 0 Å². The molecule has 0 amide bonds. The minimum absolute atomic E-state index is 0.102. The van der Waals surface area contributed by atoms with Crippen molar-refractivity contribution in [2.45, 2.75) is 38.0 Å². The van der Waals surface area contributed by atoms with E-state index >= 15 is 0 Å². The number of nitrogens with zero attached hydrogens (tertiary/aromatic N) is 2. The average molecular weight is 454 g/mol. The molecule has 0 radical (unpaired) electrons. The Bertz CT molecular complexity index is 1080. The van der Waals surface area contributed by atoms with Gasteiger partial charge in [-0.2, -0.15) is 0 Å². The van der Waals surface area contributed by atoms with Crippen LogP contribution in [0.25, 0.3) is 11.3 Å². The highest BCUT2D eigenvalue weighted by Gasteiger charge is 2.42. The van der Waals surface area contributed by atoms with E-state index in [1.54, 1.807) is 0 Å². The summed E-state index contributed by atoms with van der Waals surface area (Å²) in [5.41, 5.74) is 2.93. The lowest BCUT2D eigenvalue weighted by Gasteiger charge is -2.28. The van der Waals surface area contributed by atoms with Crippen molar-refractivity contribution < 1.29 is 9.15 Å². The standard InChI is InChI=1S/C24H24ClN3O2S/c1-15-17(7-4-8-18(15)25)20-10-11-21(30-20)23-22(19-9-2-3-12-26-19)27-24(31)28(23)14-16-6-5-13-29-16/h2-4,7-12,16,22-23H,5-6,13-14H2,1H3,(H,27,31)/t16-,22+,23-/m0/s1. The summed E-state index contributed by atoms with van der Waals surface area (Å²) < 4.78 is 12.3. The third kappa shape index (κ3) is 3.95. The number of halogens is 1. The van der Waals surface area contributed by atoms with E-state index < -0.39 is 0 Å². The Hall–Kier alpha value is -2.41. The van der Waals surface area contributed by atoms with Gasteiger partial charge in [0.1, 0.15) is 17.6 Å². The number of furan rings is 1. The fraction of sp³-hybridized carbons (Fsp3) is 0.333. The molecule has 2 aliphatic heterocycles. The fourth-order valence-electron chi connectivity index (χ4n) is 4.45. The Morgan fingerprint density at radius 2 is 2.10 bits per heavy atom. The van der Waals surface area contributed by atoms with E-state index in [1.165, 1.54) is 0 Å². The second-order valence-electron chi connectivity index (χ2n) is 8.03. The van der Waals surface area contributed by atoms with E-state index in [2.05, 4.69) is 15.2 Å². The van der Waals surface area contributed by atoms with E-state index in [0.29, 0.717) is 5.11 Å². The van der Waals surface area contributed by atoms with Crippen LogP contribution >= 0.6 is 23.8 Å². The van der Waals surface area contributed by atoms with E-state index in [0.717, 1.165) is 59.4 Å². The summed E-state index contributed by atoms with van der Waals surface area (Å²) in [5, 5.41) is 4.90. The summed E-state index contributed by atoms with van der Waals surface area (Å²) in [6.45, 7) is 3.55. The van der Waals surface area contributed by atoms with Crippen LogP contribution in [-0.2, 0) is 4.74 Å². The van der Waals surface area contributed by atoms with Crippen molar-refractivity contribution >= 4 is 28.9 Å². The molecule has 1 aromatic carbocycles. The van der Waals surface area contributed by atoms with Crippen LogP contribution in [0.5, 0.6) is 0 Å². The van der Waals surface area contributed by atoms with Crippen LogP contribution in [0.1, 0.15) is 41.9 Å². The van der Waals surface area contributed by atoms with Crippen molar-refractivity contribution in [2.75, 3.05) is 13.2 Å². The molecule has 3 atom stereocenters. The number of benzene rings is 1. The van der Waals surface area contributed by atoms with Crippen molar-refractivity contribution in [3.8, 4) is 11.3 Å². The number of hydrogen-bond donors (Lipinski definition) is 1. The van der Waals surface area contributed by atoms with Crippen LogP contribution in [0.15, 0.2) is 59.1 Å². The Kier molecular flexibility index (Phi) is 5.69. The van der Waals surface area contributed by atoms with Crippen LogP contribution in [-0.4, -0.2) is 34.3 Å². The number of aromatic nitrogens is 1. The van der Waals surface area contributed by atoms with Crippen LogP contribution in [0.2, 0.25) is 5.02 Å².